The van der Waals surface area contributed by atoms with E-state index in [4.69, 9.17) is 13.9 Å². The molecule has 2 aromatic carbocycles. The molecule has 0 radical (unpaired) electrons. The Kier molecular flexibility index (Phi) is 6.32. The highest BCUT2D eigenvalue weighted by molar-refractivity contribution is 5.67. The van der Waals surface area contributed by atoms with Crippen molar-refractivity contribution in [2.24, 2.45) is 0 Å². The van der Waals surface area contributed by atoms with E-state index in [-0.39, 0.29) is 5.69 Å². The number of nitrogens with one attached hydrogen (secondary N) is 1. The van der Waals surface area contributed by atoms with E-state index in [0.717, 1.165) is 17.5 Å². The molecule has 0 saturated carbocycles. The van der Waals surface area contributed by atoms with Crippen molar-refractivity contribution in [1.29, 1.82) is 5.26 Å². The van der Waals surface area contributed by atoms with Crippen LogP contribution in [0.15, 0.2) is 52.9 Å². The van der Waals surface area contributed by atoms with Crippen molar-refractivity contribution in [3.63, 3.8) is 0 Å². The zero-order valence-electron chi connectivity index (χ0n) is 15.8. The normalized spacial score (nSPS) is 10.6. The molecular formula is C22H21N3O3. The van der Waals surface area contributed by atoms with Crippen LogP contribution in [-0.2, 0) is 6.42 Å². The van der Waals surface area contributed by atoms with Gasteiger partial charge in [0.1, 0.15) is 6.07 Å². The van der Waals surface area contributed by atoms with Gasteiger partial charge in [0.2, 0.25) is 17.5 Å². The second-order valence-electron chi connectivity index (χ2n) is 5.95. The molecule has 142 valence electrons. The third-order valence-corrected chi connectivity index (χ3v) is 4.11. The largest absolute Gasteiger partial charge is 0.493 e. The van der Waals surface area contributed by atoms with E-state index in [0.29, 0.717) is 29.8 Å². The van der Waals surface area contributed by atoms with Crippen LogP contribution in [0.3, 0.4) is 0 Å². The van der Waals surface area contributed by atoms with Gasteiger partial charge in [0, 0.05) is 12.6 Å². The third-order valence-electron chi connectivity index (χ3n) is 4.11. The van der Waals surface area contributed by atoms with Crippen molar-refractivity contribution in [2.45, 2.75) is 6.42 Å². The molecule has 0 aliphatic rings. The van der Waals surface area contributed by atoms with Gasteiger partial charge >= 0.3 is 0 Å². The summed E-state index contributed by atoms with van der Waals surface area (Å²) in [5, 5.41) is 12.4. The van der Waals surface area contributed by atoms with Crippen LogP contribution in [0.4, 0.5) is 5.88 Å². The molecule has 1 heterocycles. The number of hydrogen-bond donors (Lipinski definition) is 1. The predicted molar refractivity (Wildman–Crippen MR) is 108 cm³/mol. The highest BCUT2D eigenvalue weighted by atomic mass is 16.5. The first kappa shape index (κ1) is 19.1. The van der Waals surface area contributed by atoms with Crippen molar-refractivity contribution >= 4 is 18.0 Å². The fourth-order valence-electron chi connectivity index (χ4n) is 2.69. The number of oxazole rings is 1. The lowest BCUT2D eigenvalue weighted by molar-refractivity contribution is 0.354. The van der Waals surface area contributed by atoms with E-state index in [1.54, 1.807) is 20.3 Å². The molecule has 0 spiro atoms. The molecule has 3 rings (SSSR count). The SMILES string of the molecule is COc1ccc(CCNc2oc(/C=C/c3ccccc3)nc2C#N)cc1OC. The molecular weight excluding hydrogens is 354 g/mol. The molecule has 0 fully saturated rings. The number of benzene rings is 2. The summed E-state index contributed by atoms with van der Waals surface area (Å²) in [5.41, 5.74) is 2.34. The number of rotatable bonds is 8. The summed E-state index contributed by atoms with van der Waals surface area (Å²) in [6, 6.07) is 17.7. The second kappa shape index (κ2) is 9.28. The lowest BCUT2D eigenvalue weighted by Crippen LogP contribution is -2.05. The number of nitrogens with zero attached hydrogens (tertiary/aromatic N) is 2. The predicted octanol–water partition coefficient (Wildman–Crippen LogP) is 4.39. The van der Waals surface area contributed by atoms with Gasteiger partial charge in [0.05, 0.1) is 14.2 Å². The highest BCUT2D eigenvalue weighted by Gasteiger charge is 2.11. The van der Waals surface area contributed by atoms with E-state index in [1.807, 2.05) is 54.6 Å². The van der Waals surface area contributed by atoms with Gasteiger partial charge in [0.15, 0.2) is 11.5 Å². The van der Waals surface area contributed by atoms with E-state index in [1.165, 1.54) is 0 Å². The molecule has 0 bridgehead atoms. The minimum atomic E-state index is 0.236. The Labute approximate surface area is 164 Å². The van der Waals surface area contributed by atoms with E-state index in [2.05, 4.69) is 16.4 Å². The van der Waals surface area contributed by atoms with Crippen molar-refractivity contribution in [1.82, 2.24) is 4.98 Å². The maximum Gasteiger partial charge on any atom is 0.232 e. The number of aromatic nitrogens is 1. The maximum atomic E-state index is 9.29. The number of anilines is 1. The Morgan fingerprint density at radius 2 is 1.86 bits per heavy atom. The standard InChI is InChI=1S/C22H21N3O3/c1-26-19-10-8-17(14-20(19)27-2)12-13-24-22-18(15-23)25-21(28-22)11-9-16-6-4-3-5-7-16/h3-11,14,24H,12-13H2,1-2H3/b11-9+. The summed E-state index contributed by atoms with van der Waals surface area (Å²) < 4.78 is 16.2. The monoisotopic (exact) mass is 375 g/mol. The average molecular weight is 375 g/mol. The van der Waals surface area contributed by atoms with E-state index >= 15 is 0 Å². The summed E-state index contributed by atoms with van der Waals surface area (Å²) in [5.74, 6) is 2.13. The molecule has 28 heavy (non-hydrogen) atoms. The molecule has 0 aliphatic carbocycles. The van der Waals surface area contributed by atoms with Gasteiger partial charge in [-0.25, -0.2) is 0 Å². The fraction of sp³-hybridized carbons (Fsp3) is 0.182. The van der Waals surface area contributed by atoms with Crippen molar-refractivity contribution in [2.75, 3.05) is 26.1 Å². The zero-order valence-corrected chi connectivity index (χ0v) is 15.8. The zero-order chi connectivity index (χ0) is 19.8. The topological polar surface area (TPSA) is 80.3 Å². The van der Waals surface area contributed by atoms with E-state index < -0.39 is 0 Å². The smallest absolute Gasteiger partial charge is 0.232 e. The first-order valence-corrected chi connectivity index (χ1v) is 8.82. The number of hydrogen-bond acceptors (Lipinski definition) is 6. The lowest BCUT2D eigenvalue weighted by Gasteiger charge is -2.09. The number of nitriles is 1. The summed E-state index contributed by atoms with van der Waals surface area (Å²) in [6.07, 6.45) is 4.36. The van der Waals surface area contributed by atoms with Gasteiger partial charge in [-0.1, -0.05) is 36.4 Å². The van der Waals surface area contributed by atoms with Crippen LogP contribution in [-0.4, -0.2) is 25.7 Å². The first-order chi connectivity index (χ1) is 13.7. The van der Waals surface area contributed by atoms with Crippen LogP contribution in [0.5, 0.6) is 11.5 Å². The Morgan fingerprint density at radius 1 is 1.07 bits per heavy atom. The molecule has 1 N–H and O–H groups in total. The molecule has 1 aromatic heterocycles. The van der Waals surface area contributed by atoms with Gasteiger partial charge in [-0.2, -0.15) is 10.2 Å². The van der Waals surface area contributed by atoms with E-state index in [9.17, 15) is 5.26 Å². The average Bonchev–Trinajstić information content (AvgIpc) is 3.15. The Balaban J connectivity index is 1.64. The Morgan fingerprint density at radius 3 is 2.57 bits per heavy atom. The second-order valence-corrected chi connectivity index (χ2v) is 5.95. The van der Waals surface area contributed by atoms with Crippen LogP contribution < -0.4 is 14.8 Å². The van der Waals surface area contributed by atoms with Crippen LogP contribution in [0.25, 0.3) is 12.2 Å². The van der Waals surface area contributed by atoms with Gasteiger partial charge in [0.25, 0.3) is 0 Å². The van der Waals surface area contributed by atoms with Crippen molar-refractivity contribution in [3.05, 3.63) is 71.2 Å². The Bertz CT molecular complexity index is 988. The third kappa shape index (κ3) is 4.71. The fourth-order valence-corrected chi connectivity index (χ4v) is 2.69. The molecule has 6 nitrogen and oxygen atoms in total. The summed E-state index contributed by atoms with van der Waals surface area (Å²) in [4.78, 5) is 4.21. The van der Waals surface area contributed by atoms with Gasteiger partial charge in [-0.15, -0.1) is 0 Å². The lowest BCUT2D eigenvalue weighted by atomic mass is 10.1. The molecule has 0 unspecified atom stereocenters. The molecule has 0 aliphatic heterocycles. The van der Waals surface area contributed by atoms with Crippen LogP contribution in [0.1, 0.15) is 22.7 Å². The highest BCUT2D eigenvalue weighted by Crippen LogP contribution is 2.27. The van der Waals surface area contributed by atoms with Crippen LogP contribution in [0, 0.1) is 11.3 Å². The van der Waals surface area contributed by atoms with Gasteiger partial charge in [-0.3, -0.25) is 0 Å². The minimum Gasteiger partial charge on any atom is -0.493 e. The first-order valence-electron chi connectivity index (χ1n) is 8.82. The minimum absolute atomic E-state index is 0.236. The van der Waals surface area contributed by atoms with Crippen molar-refractivity contribution in [3.8, 4) is 17.6 Å². The molecule has 0 atom stereocenters. The van der Waals surface area contributed by atoms with Gasteiger partial charge < -0.3 is 19.2 Å². The molecule has 3 aromatic rings. The Hall–Kier alpha value is -3.72. The molecule has 0 saturated heterocycles. The summed E-state index contributed by atoms with van der Waals surface area (Å²) in [7, 11) is 3.22. The van der Waals surface area contributed by atoms with Crippen molar-refractivity contribution < 1.29 is 13.9 Å². The van der Waals surface area contributed by atoms with Crippen LogP contribution in [0.2, 0.25) is 0 Å². The summed E-state index contributed by atoms with van der Waals surface area (Å²) in [6.45, 7) is 0.585. The maximum absolute atomic E-state index is 9.29. The summed E-state index contributed by atoms with van der Waals surface area (Å²) >= 11 is 0. The molecule has 0 amide bonds. The van der Waals surface area contributed by atoms with Gasteiger partial charge in [-0.05, 0) is 35.8 Å². The number of ether oxygens (including phenoxy) is 2. The molecule has 6 heteroatoms. The quantitative estimate of drug-likeness (QED) is 0.629. The van der Waals surface area contributed by atoms with Crippen LogP contribution >= 0.6 is 0 Å². The number of methoxy groups -OCH3 is 2.